The fourth-order valence-corrected chi connectivity index (χ4v) is 2.29. The number of carbonyl (C=O) groups is 2. The molecule has 1 aliphatic rings. The largest absolute Gasteiger partial charge is 0.423 e. The van der Waals surface area contributed by atoms with Gasteiger partial charge in [0.15, 0.2) is 5.75 Å². The Morgan fingerprint density at radius 2 is 1.91 bits per heavy atom. The molecule has 6 heteroatoms. The number of carbonyl (C=O) groups excluding carboxylic acids is 2. The van der Waals surface area contributed by atoms with Crippen molar-refractivity contribution in [3.8, 4) is 5.75 Å². The number of ether oxygens (including phenoxy) is 1. The minimum Gasteiger partial charge on any atom is -0.423 e. The van der Waals surface area contributed by atoms with Gasteiger partial charge in [-0.05, 0) is 36.4 Å². The van der Waals surface area contributed by atoms with Crippen molar-refractivity contribution in [2.45, 2.75) is 12.5 Å². The van der Waals surface area contributed by atoms with Crippen molar-refractivity contribution in [3.63, 3.8) is 0 Å². The Kier molecular flexibility index (Phi) is 3.98. The zero-order valence-corrected chi connectivity index (χ0v) is 12.3. The van der Waals surface area contributed by atoms with E-state index in [9.17, 15) is 9.59 Å². The number of halogens is 1. The van der Waals surface area contributed by atoms with E-state index in [1.807, 2.05) is 6.07 Å². The minimum atomic E-state index is -0.706. The zero-order valence-electron chi connectivity index (χ0n) is 11.5. The molecule has 1 amide bonds. The minimum absolute atomic E-state index is 0.0181. The molecular weight excluding hydrogens is 304 g/mol. The van der Waals surface area contributed by atoms with Gasteiger partial charge in [-0.15, -0.1) is 0 Å². The molecule has 1 atom stereocenters. The van der Waals surface area contributed by atoms with Crippen molar-refractivity contribution in [2.75, 3.05) is 10.6 Å². The topological polar surface area (TPSA) is 67.4 Å². The predicted octanol–water partition coefficient (Wildman–Crippen LogP) is 3.07. The van der Waals surface area contributed by atoms with Gasteiger partial charge in [0.2, 0.25) is 5.91 Å². The van der Waals surface area contributed by atoms with Crippen LogP contribution in [-0.2, 0) is 9.59 Å². The predicted molar refractivity (Wildman–Crippen MR) is 84.2 cm³/mol. The smallest absolute Gasteiger partial charge is 0.334 e. The monoisotopic (exact) mass is 316 g/mol. The lowest BCUT2D eigenvalue weighted by molar-refractivity contribution is -0.137. The molecule has 1 heterocycles. The average Bonchev–Trinajstić information content (AvgIpc) is 2.50. The summed E-state index contributed by atoms with van der Waals surface area (Å²) in [6, 6.07) is 13.2. The third-order valence-corrected chi connectivity index (χ3v) is 3.48. The fraction of sp³-hybridized carbons (Fsp3) is 0.125. The van der Waals surface area contributed by atoms with Crippen LogP contribution in [0.4, 0.5) is 11.4 Å². The quantitative estimate of drug-likeness (QED) is 0.674. The third kappa shape index (κ3) is 3.20. The lowest BCUT2D eigenvalue weighted by Gasteiger charge is -2.24. The highest BCUT2D eigenvalue weighted by molar-refractivity contribution is 6.30. The zero-order chi connectivity index (χ0) is 15.5. The molecule has 112 valence electrons. The Balaban J connectivity index is 1.64. The Labute approximate surface area is 132 Å². The summed E-state index contributed by atoms with van der Waals surface area (Å²) in [4.78, 5) is 23.9. The summed E-state index contributed by atoms with van der Waals surface area (Å²) in [7, 11) is 0. The van der Waals surface area contributed by atoms with Crippen molar-refractivity contribution in [1.29, 1.82) is 0 Å². The van der Waals surface area contributed by atoms with E-state index < -0.39 is 12.0 Å². The van der Waals surface area contributed by atoms with Crippen LogP contribution in [0.15, 0.2) is 48.5 Å². The molecule has 0 saturated heterocycles. The van der Waals surface area contributed by atoms with E-state index in [1.54, 1.807) is 42.5 Å². The molecule has 0 saturated carbocycles. The maximum atomic E-state index is 12.0. The summed E-state index contributed by atoms with van der Waals surface area (Å²) in [5, 5.41) is 6.32. The molecule has 0 spiro atoms. The van der Waals surface area contributed by atoms with Gasteiger partial charge in [0.05, 0.1) is 12.1 Å². The first-order valence-corrected chi connectivity index (χ1v) is 7.12. The second-order valence-corrected chi connectivity index (χ2v) is 5.31. The number of anilines is 2. The van der Waals surface area contributed by atoms with Crippen molar-refractivity contribution in [1.82, 2.24) is 0 Å². The molecule has 0 bridgehead atoms. The van der Waals surface area contributed by atoms with Crippen LogP contribution in [0, 0.1) is 0 Å². The number of hydrogen-bond donors (Lipinski definition) is 2. The molecule has 0 unspecified atom stereocenters. The molecule has 2 aromatic carbocycles. The van der Waals surface area contributed by atoms with E-state index in [0.29, 0.717) is 22.1 Å². The van der Waals surface area contributed by atoms with Gasteiger partial charge in [-0.3, -0.25) is 4.79 Å². The van der Waals surface area contributed by atoms with Gasteiger partial charge in [0.25, 0.3) is 0 Å². The second-order valence-electron chi connectivity index (χ2n) is 4.87. The van der Waals surface area contributed by atoms with Crippen LogP contribution in [0.5, 0.6) is 5.75 Å². The van der Waals surface area contributed by atoms with Gasteiger partial charge in [-0.25, -0.2) is 4.79 Å². The Morgan fingerprint density at radius 3 is 2.68 bits per heavy atom. The highest BCUT2D eigenvalue weighted by Crippen LogP contribution is 2.29. The molecule has 2 aromatic rings. The summed E-state index contributed by atoms with van der Waals surface area (Å²) in [6.45, 7) is 0. The van der Waals surface area contributed by atoms with Crippen molar-refractivity contribution < 1.29 is 14.3 Å². The van der Waals surface area contributed by atoms with Crippen LogP contribution in [-0.4, -0.2) is 17.9 Å². The second kappa shape index (κ2) is 6.07. The van der Waals surface area contributed by atoms with Gasteiger partial charge < -0.3 is 15.4 Å². The fourth-order valence-electron chi connectivity index (χ4n) is 2.17. The molecule has 22 heavy (non-hydrogen) atoms. The SMILES string of the molecule is O=C(C[C@@H]1Nc2ccccc2OC1=O)Nc1ccc(Cl)cc1. The van der Waals surface area contributed by atoms with Gasteiger partial charge in [-0.2, -0.15) is 0 Å². The molecule has 0 fully saturated rings. The summed E-state index contributed by atoms with van der Waals surface area (Å²) in [6.07, 6.45) is -0.0181. The molecule has 5 nitrogen and oxygen atoms in total. The normalized spacial score (nSPS) is 16.2. The number of nitrogens with one attached hydrogen (secondary N) is 2. The van der Waals surface area contributed by atoms with Crippen LogP contribution >= 0.6 is 11.6 Å². The standard InChI is InChI=1S/C16H13ClN2O3/c17-10-5-7-11(8-6-10)18-15(20)9-13-16(21)22-14-4-2-1-3-12(14)19-13/h1-8,13,19H,9H2,(H,18,20)/t13-/m0/s1. The number of benzene rings is 2. The lowest BCUT2D eigenvalue weighted by Crippen LogP contribution is -2.39. The molecular formula is C16H13ClN2O3. The number of esters is 1. The van der Waals surface area contributed by atoms with E-state index >= 15 is 0 Å². The number of fused-ring (bicyclic) bond motifs is 1. The Bertz CT molecular complexity index is 716. The Hall–Kier alpha value is -2.53. The molecule has 0 radical (unpaired) electrons. The van der Waals surface area contributed by atoms with Crippen molar-refractivity contribution in [3.05, 3.63) is 53.6 Å². The highest BCUT2D eigenvalue weighted by Gasteiger charge is 2.29. The van der Waals surface area contributed by atoms with Crippen LogP contribution in [0.25, 0.3) is 0 Å². The Morgan fingerprint density at radius 1 is 1.18 bits per heavy atom. The summed E-state index contributed by atoms with van der Waals surface area (Å²) in [5.41, 5.74) is 1.32. The number of para-hydroxylation sites is 2. The van der Waals surface area contributed by atoms with Crippen LogP contribution in [0.1, 0.15) is 6.42 Å². The highest BCUT2D eigenvalue weighted by atomic mass is 35.5. The van der Waals surface area contributed by atoms with Gasteiger partial charge in [0, 0.05) is 10.7 Å². The number of amides is 1. The maximum absolute atomic E-state index is 12.0. The van der Waals surface area contributed by atoms with E-state index in [0.717, 1.165) is 0 Å². The molecule has 2 N–H and O–H groups in total. The first kappa shape index (κ1) is 14.4. The van der Waals surface area contributed by atoms with Crippen LogP contribution in [0.2, 0.25) is 5.02 Å². The average molecular weight is 317 g/mol. The number of rotatable bonds is 3. The van der Waals surface area contributed by atoms with Crippen LogP contribution < -0.4 is 15.4 Å². The van der Waals surface area contributed by atoms with E-state index in [-0.39, 0.29) is 12.3 Å². The van der Waals surface area contributed by atoms with Crippen molar-refractivity contribution >= 4 is 34.9 Å². The van der Waals surface area contributed by atoms with Gasteiger partial charge in [-0.1, -0.05) is 23.7 Å². The molecule has 0 aliphatic carbocycles. The van der Waals surface area contributed by atoms with Crippen molar-refractivity contribution in [2.24, 2.45) is 0 Å². The van der Waals surface area contributed by atoms with Gasteiger partial charge >= 0.3 is 5.97 Å². The molecule has 0 aromatic heterocycles. The van der Waals surface area contributed by atoms with Gasteiger partial charge in [0.1, 0.15) is 6.04 Å². The third-order valence-electron chi connectivity index (χ3n) is 3.23. The van der Waals surface area contributed by atoms with E-state index in [2.05, 4.69) is 10.6 Å². The first-order chi connectivity index (χ1) is 10.6. The summed E-state index contributed by atoms with van der Waals surface area (Å²) >= 11 is 5.79. The number of hydrogen-bond acceptors (Lipinski definition) is 4. The molecule has 3 rings (SSSR count). The molecule has 1 aliphatic heterocycles. The first-order valence-electron chi connectivity index (χ1n) is 6.74. The van der Waals surface area contributed by atoms with E-state index in [4.69, 9.17) is 16.3 Å². The lowest BCUT2D eigenvalue weighted by atomic mass is 10.1. The summed E-state index contributed by atoms with van der Waals surface area (Å²) in [5.74, 6) is -0.275. The summed E-state index contributed by atoms with van der Waals surface area (Å²) < 4.78 is 5.21. The van der Waals surface area contributed by atoms with E-state index in [1.165, 1.54) is 0 Å². The van der Waals surface area contributed by atoms with Crippen LogP contribution in [0.3, 0.4) is 0 Å². The maximum Gasteiger partial charge on any atom is 0.334 e.